The van der Waals surface area contributed by atoms with Crippen LogP contribution in [0, 0.1) is 0 Å². The number of carboxylic acid groups (broad SMARTS) is 1. The van der Waals surface area contributed by atoms with Crippen LogP contribution < -0.4 is 15.8 Å². The second kappa shape index (κ2) is 8.11. The van der Waals surface area contributed by atoms with Gasteiger partial charge in [-0.1, -0.05) is 23.9 Å². The van der Waals surface area contributed by atoms with Crippen LogP contribution in [0.15, 0.2) is 34.5 Å². The van der Waals surface area contributed by atoms with Crippen LogP contribution >= 0.6 is 11.8 Å². The van der Waals surface area contributed by atoms with Crippen LogP contribution in [0.4, 0.5) is 0 Å². The largest absolute Gasteiger partial charge is 0.484 e. The van der Waals surface area contributed by atoms with E-state index in [9.17, 15) is 14.4 Å². The number of hydrogen-bond donors (Lipinski definition) is 3. The highest BCUT2D eigenvalue weighted by atomic mass is 32.2. The standard InChI is InChI=1S/C14H14N4O5S/c15-11(19)7-23-9-3-1-2-8(4-9)6-16-18-14-17-13(22)10(24-14)5-12(20)21/h1-4,6,10H,5,7H2,(H2,15,19)(H,20,21)(H,17,18,22). The van der Waals surface area contributed by atoms with Crippen LogP contribution in [0.3, 0.4) is 0 Å². The summed E-state index contributed by atoms with van der Waals surface area (Å²) in [5.41, 5.74) is 5.66. The zero-order valence-corrected chi connectivity index (χ0v) is 13.2. The van der Waals surface area contributed by atoms with Crippen LogP contribution in [-0.4, -0.2) is 46.1 Å². The molecule has 0 radical (unpaired) electrons. The number of thioether (sulfide) groups is 1. The number of nitrogens with two attached hydrogens (primary N) is 1. The van der Waals surface area contributed by atoms with Crippen molar-refractivity contribution in [2.75, 3.05) is 6.61 Å². The van der Waals surface area contributed by atoms with Crippen molar-refractivity contribution in [1.29, 1.82) is 0 Å². The fraction of sp³-hybridized carbons (Fsp3) is 0.214. The Morgan fingerprint density at radius 1 is 1.46 bits per heavy atom. The number of nitrogens with one attached hydrogen (secondary N) is 1. The molecular formula is C14H14N4O5S. The Balaban J connectivity index is 1.96. The zero-order valence-electron chi connectivity index (χ0n) is 12.3. The fourth-order valence-electron chi connectivity index (χ4n) is 1.73. The third kappa shape index (κ3) is 5.39. The quantitative estimate of drug-likeness (QED) is 0.464. The number of rotatable bonds is 7. The second-order valence-electron chi connectivity index (χ2n) is 4.67. The van der Waals surface area contributed by atoms with E-state index in [-0.39, 0.29) is 18.2 Å². The maximum Gasteiger partial charge on any atom is 0.305 e. The van der Waals surface area contributed by atoms with E-state index < -0.39 is 23.0 Å². The molecular weight excluding hydrogens is 336 g/mol. The molecule has 2 rings (SSSR count). The van der Waals surface area contributed by atoms with E-state index in [4.69, 9.17) is 15.6 Å². The summed E-state index contributed by atoms with van der Waals surface area (Å²) in [6, 6.07) is 6.75. The van der Waals surface area contributed by atoms with Crippen LogP contribution in [0.5, 0.6) is 5.75 Å². The van der Waals surface area contributed by atoms with Crippen molar-refractivity contribution in [1.82, 2.24) is 5.32 Å². The smallest absolute Gasteiger partial charge is 0.305 e. The van der Waals surface area contributed by atoms with Crippen LogP contribution in [0.2, 0.25) is 0 Å². The summed E-state index contributed by atoms with van der Waals surface area (Å²) in [4.78, 5) is 32.8. The third-order valence-electron chi connectivity index (χ3n) is 2.73. The van der Waals surface area contributed by atoms with Crippen molar-refractivity contribution in [2.24, 2.45) is 15.9 Å². The van der Waals surface area contributed by atoms with Gasteiger partial charge in [-0.3, -0.25) is 14.4 Å². The average molecular weight is 350 g/mol. The molecule has 4 N–H and O–H groups in total. The van der Waals surface area contributed by atoms with E-state index in [0.29, 0.717) is 11.3 Å². The summed E-state index contributed by atoms with van der Waals surface area (Å²) >= 11 is 1.02. The Morgan fingerprint density at radius 2 is 2.25 bits per heavy atom. The first-order chi connectivity index (χ1) is 11.4. The van der Waals surface area contributed by atoms with Gasteiger partial charge in [0.05, 0.1) is 12.6 Å². The van der Waals surface area contributed by atoms with Gasteiger partial charge in [-0.05, 0) is 17.7 Å². The van der Waals surface area contributed by atoms with Gasteiger partial charge >= 0.3 is 5.97 Å². The highest BCUT2D eigenvalue weighted by molar-refractivity contribution is 8.15. The predicted octanol–water partition coefficient (Wildman–Crippen LogP) is -0.0531. The predicted molar refractivity (Wildman–Crippen MR) is 87.9 cm³/mol. The molecule has 1 atom stereocenters. The van der Waals surface area contributed by atoms with E-state index in [1.807, 2.05) is 0 Å². The number of carbonyl (C=O) groups is 3. The van der Waals surface area contributed by atoms with Gasteiger partial charge < -0.3 is 20.9 Å². The molecule has 0 bridgehead atoms. The van der Waals surface area contributed by atoms with Gasteiger partial charge in [0.15, 0.2) is 11.8 Å². The Bertz CT molecular complexity index is 719. The lowest BCUT2D eigenvalue weighted by atomic mass is 10.2. The van der Waals surface area contributed by atoms with Crippen LogP contribution in [0.25, 0.3) is 0 Å². The first-order valence-electron chi connectivity index (χ1n) is 6.75. The molecule has 1 aromatic rings. The minimum atomic E-state index is -1.06. The fourth-order valence-corrected chi connectivity index (χ4v) is 2.65. The summed E-state index contributed by atoms with van der Waals surface area (Å²) < 4.78 is 5.16. The number of amidine groups is 1. The van der Waals surface area contributed by atoms with Crippen molar-refractivity contribution in [2.45, 2.75) is 11.7 Å². The van der Waals surface area contributed by atoms with Crippen molar-refractivity contribution < 1.29 is 24.2 Å². The first kappa shape index (κ1) is 17.5. The highest BCUT2D eigenvalue weighted by Gasteiger charge is 2.32. The number of amides is 2. The molecule has 9 nitrogen and oxygen atoms in total. The Labute approximate surface area is 141 Å². The van der Waals surface area contributed by atoms with Crippen molar-refractivity contribution >= 4 is 40.9 Å². The number of carboxylic acids is 1. The van der Waals surface area contributed by atoms with Crippen LogP contribution in [0.1, 0.15) is 12.0 Å². The van der Waals surface area contributed by atoms with Gasteiger partial charge in [-0.2, -0.15) is 5.10 Å². The lowest BCUT2D eigenvalue weighted by Gasteiger charge is -2.03. The SMILES string of the molecule is NC(=O)COc1cccc(C=NN=C2NC(=O)C(CC(=O)O)S2)c1. The number of primary amides is 1. The zero-order chi connectivity index (χ0) is 17.5. The normalized spacial score (nSPS) is 18.8. The second-order valence-corrected chi connectivity index (χ2v) is 5.86. The molecule has 10 heteroatoms. The molecule has 126 valence electrons. The summed E-state index contributed by atoms with van der Waals surface area (Å²) in [5, 5.41) is 18.4. The van der Waals surface area contributed by atoms with Gasteiger partial charge in [0.25, 0.3) is 5.91 Å². The van der Waals surface area contributed by atoms with E-state index in [1.54, 1.807) is 24.3 Å². The molecule has 1 heterocycles. The summed E-state index contributed by atoms with van der Waals surface area (Å²) in [6.45, 7) is -0.226. The number of benzene rings is 1. The van der Waals surface area contributed by atoms with E-state index in [2.05, 4.69) is 15.5 Å². The molecule has 0 aliphatic carbocycles. The van der Waals surface area contributed by atoms with Gasteiger partial charge in [-0.25, -0.2) is 0 Å². The number of aliphatic carboxylic acids is 1. The van der Waals surface area contributed by atoms with E-state index in [1.165, 1.54) is 6.21 Å². The van der Waals surface area contributed by atoms with Gasteiger partial charge in [0, 0.05) is 0 Å². The van der Waals surface area contributed by atoms with Gasteiger partial charge in [-0.15, -0.1) is 5.10 Å². The van der Waals surface area contributed by atoms with Crippen LogP contribution in [-0.2, 0) is 14.4 Å². The molecule has 0 spiro atoms. The molecule has 24 heavy (non-hydrogen) atoms. The number of hydrogen-bond acceptors (Lipinski definition) is 7. The molecule has 1 aliphatic heterocycles. The summed E-state index contributed by atoms with van der Waals surface area (Å²) in [7, 11) is 0. The molecule has 1 aliphatic rings. The van der Waals surface area contributed by atoms with E-state index in [0.717, 1.165) is 11.8 Å². The highest BCUT2D eigenvalue weighted by Crippen LogP contribution is 2.22. The molecule has 1 aromatic carbocycles. The third-order valence-corrected chi connectivity index (χ3v) is 3.80. The Kier molecular flexibility index (Phi) is 5.90. The number of carbonyl (C=O) groups excluding carboxylic acids is 2. The first-order valence-corrected chi connectivity index (χ1v) is 7.63. The van der Waals surface area contributed by atoms with Crippen molar-refractivity contribution in [3.63, 3.8) is 0 Å². The minimum Gasteiger partial charge on any atom is -0.484 e. The summed E-state index contributed by atoms with van der Waals surface area (Å²) in [5.74, 6) is -1.58. The Morgan fingerprint density at radius 3 is 2.96 bits per heavy atom. The maximum absolute atomic E-state index is 11.5. The van der Waals surface area contributed by atoms with E-state index >= 15 is 0 Å². The van der Waals surface area contributed by atoms with Crippen molar-refractivity contribution in [3.8, 4) is 5.75 Å². The molecule has 1 unspecified atom stereocenters. The average Bonchev–Trinajstić information content (AvgIpc) is 2.85. The lowest BCUT2D eigenvalue weighted by molar-refractivity contribution is -0.138. The minimum absolute atomic E-state index is 0.226. The number of nitrogens with zero attached hydrogens (tertiary/aromatic N) is 2. The molecule has 0 aromatic heterocycles. The van der Waals surface area contributed by atoms with Gasteiger partial charge in [0.2, 0.25) is 5.91 Å². The molecule has 2 amide bonds. The molecule has 0 saturated carbocycles. The summed E-state index contributed by atoms with van der Waals surface area (Å²) in [6.07, 6.45) is 1.15. The monoisotopic (exact) mass is 350 g/mol. The molecule has 1 saturated heterocycles. The maximum atomic E-state index is 11.5. The topological polar surface area (TPSA) is 143 Å². The Hall–Kier alpha value is -2.88. The lowest BCUT2D eigenvalue weighted by Crippen LogP contribution is -2.26. The van der Waals surface area contributed by atoms with Crippen molar-refractivity contribution in [3.05, 3.63) is 29.8 Å². The number of ether oxygens (including phenoxy) is 1. The van der Waals surface area contributed by atoms with Gasteiger partial charge in [0.1, 0.15) is 11.0 Å². The molecule has 1 fully saturated rings.